The minimum Gasteiger partial charge on any atom is -0.398 e. The number of nitrogens with two attached hydrogens (primary N) is 1. The fraction of sp³-hybridized carbons (Fsp3) is 0.429. The van der Waals surface area contributed by atoms with E-state index < -0.39 is 0 Å². The number of aliphatic imine (C=N–C) groups is 1. The van der Waals surface area contributed by atoms with Crippen LogP contribution in [0.4, 0.5) is 11.5 Å². The lowest BCUT2D eigenvalue weighted by molar-refractivity contribution is -0.128. The molecular formula is C28H34N6O3. The second kappa shape index (κ2) is 10.7. The number of carbonyl (C=O) groups is 2. The molecule has 3 N–H and O–H groups in total. The Bertz CT molecular complexity index is 1250. The van der Waals surface area contributed by atoms with Gasteiger partial charge in [0.2, 0.25) is 11.8 Å². The molecule has 1 aromatic carbocycles. The average Bonchev–Trinajstić information content (AvgIpc) is 2.93. The number of pyridine rings is 1. The second-order valence-electron chi connectivity index (χ2n) is 9.75. The quantitative estimate of drug-likeness (QED) is 0.665. The van der Waals surface area contributed by atoms with Crippen molar-refractivity contribution >= 4 is 34.7 Å². The zero-order chi connectivity index (χ0) is 25.9. The largest absolute Gasteiger partial charge is 0.398 e. The van der Waals surface area contributed by atoms with Crippen LogP contribution in [0.25, 0.3) is 5.70 Å². The van der Waals surface area contributed by atoms with Gasteiger partial charge in [0.1, 0.15) is 5.82 Å². The van der Waals surface area contributed by atoms with Crippen molar-refractivity contribution in [2.75, 3.05) is 43.6 Å². The molecule has 0 aliphatic carbocycles. The molecule has 9 nitrogen and oxygen atoms in total. The molecule has 0 atom stereocenters. The monoisotopic (exact) mass is 502 g/mol. The number of nitrogens with one attached hydrogen (secondary N) is 1. The molecule has 1 aromatic heterocycles. The van der Waals surface area contributed by atoms with Gasteiger partial charge in [-0.05, 0) is 36.1 Å². The van der Waals surface area contributed by atoms with Crippen LogP contribution < -0.4 is 16.0 Å². The van der Waals surface area contributed by atoms with Gasteiger partial charge in [0.05, 0.1) is 30.9 Å². The maximum atomic E-state index is 13.3. The Morgan fingerprint density at radius 3 is 2.70 bits per heavy atom. The number of aromatic nitrogens is 1. The second-order valence-corrected chi connectivity index (χ2v) is 9.75. The molecule has 9 heteroatoms. The lowest BCUT2D eigenvalue weighted by atomic mass is 9.89. The summed E-state index contributed by atoms with van der Waals surface area (Å²) in [4.78, 5) is 38.5. The summed E-state index contributed by atoms with van der Waals surface area (Å²) in [6.07, 6.45) is 4.41. The molecule has 194 valence electrons. The molecule has 3 aliphatic rings. The summed E-state index contributed by atoms with van der Waals surface area (Å²) < 4.78 is 5.50. The van der Waals surface area contributed by atoms with Crippen LogP contribution in [0.1, 0.15) is 42.9 Å². The van der Waals surface area contributed by atoms with Crippen LogP contribution >= 0.6 is 0 Å². The number of nitrogens with zero attached hydrogens (tertiary/aromatic N) is 4. The number of amides is 2. The molecule has 3 aliphatic heterocycles. The van der Waals surface area contributed by atoms with Gasteiger partial charge >= 0.3 is 0 Å². The molecule has 0 unspecified atom stereocenters. The van der Waals surface area contributed by atoms with Gasteiger partial charge in [-0.2, -0.15) is 0 Å². The van der Waals surface area contributed by atoms with Crippen LogP contribution in [0.2, 0.25) is 0 Å². The standard InChI is InChI=1S/C28H34N6O3/c1-18(35)33-11-8-25(32-20-9-12-37-13-10-20)24(17-33)28(29)22-5-3-4-19-16-34(27(36)14-23(19)22)21-6-7-26(30-2)31-15-21/h3-7,15,20H,8-14,16-17,29H2,1-2H3,(H,30,31). The van der Waals surface area contributed by atoms with Gasteiger partial charge in [0.15, 0.2) is 0 Å². The Morgan fingerprint density at radius 2 is 2.00 bits per heavy atom. The van der Waals surface area contributed by atoms with E-state index in [1.807, 2.05) is 42.3 Å². The Hall–Kier alpha value is -3.72. The Morgan fingerprint density at radius 1 is 1.19 bits per heavy atom. The summed E-state index contributed by atoms with van der Waals surface area (Å²) in [5.41, 5.74) is 13.0. The van der Waals surface area contributed by atoms with Crippen LogP contribution in [-0.2, 0) is 27.3 Å². The third kappa shape index (κ3) is 5.22. The first-order valence-electron chi connectivity index (χ1n) is 12.9. The molecule has 0 bridgehead atoms. The molecule has 0 spiro atoms. The van der Waals surface area contributed by atoms with Crippen LogP contribution in [0.3, 0.4) is 0 Å². The maximum absolute atomic E-state index is 13.3. The summed E-state index contributed by atoms with van der Waals surface area (Å²) in [5.74, 6) is 0.775. The van der Waals surface area contributed by atoms with E-state index in [0.29, 0.717) is 45.0 Å². The van der Waals surface area contributed by atoms with Crippen molar-refractivity contribution in [3.8, 4) is 0 Å². The molecule has 5 rings (SSSR count). The summed E-state index contributed by atoms with van der Waals surface area (Å²) in [6.45, 7) is 4.53. The number of hydrogen-bond acceptors (Lipinski definition) is 7. The molecule has 2 aromatic rings. The number of likely N-dealkylation sites (tertiary alicyclic amines) is 1. The molecule has 2 amide bonds. The van der Waals surface area contributed by atoms with Crippen LogP contribution in [0.15, 0.2) is 47.1 Å². The molecule has 2 fully saturated rings. The van der Waals surface area contributed by atoms with Gasteiger partial charge in [-0.1, -0.05) is 18.2 Å². The number of benzene rings is 1. The lowest BCUT2D eigenvalue weighted by Crippen LogP contribution is -2.41. The van der Waals surface area contributed by atoms with Gasteiger partial charge in [-0.25, -0.2) is 4.98 Å². The van der Waals surface area contributed by atoms with Crippen molar-refractivity contribution in [1.82, 2.24) is 9.88 Å². The summed E-state index contributed by atoms with van der Waals surface area (Å²) in [5, 5.41) is 3.00. The van der Waals surface area contributed by atoms with Crippen molar-refractivity contribution in [2.45, 2.75) is 45.2 Å². The van der Waals surface area contributed by atoms with Crippen molar-refractivity contribution in [2.24, 2.45) is 10.7 Å². The summed E-state index contributed by atoms with van der Waals surface area (Å²) >= 11 is 0. The van der Waals surface area contributed by atoms with Crippen molar-refractivity contribution < 1.29 is 14.3 Å². The zero-order valence-corrected chi connectivity index (χ0v) is 21.5. The van der Waals surface area contributed by atoms with E-state index in [1.165, 1.54) is 0 Å². The Labute approximate surface area is 217 Å². The predicted molar refractivity (Wildman–Crippen MR) is 144 cm³/mol. The average molecular weight is 503 g/mol. The number of fused-ring (bicyclic) bond motifs is 1. The SMILES string of the molecule is CNc1ccc(N2Cc3cccc(C(N)=C4CN(C(C)=O)CCC4=NC4CCOCC4)c3CC2=O)cn1. The third-order valence-electron chi connectivity index (χ3n) is 7.45. The predicted octanol–water partition coefficient (Wildman–Crippen LogP) is 2.75. The normalized spacial score (nSPS) is 21.1. The minimum absolute atomic E-state index is 0.00172. The van der Waals surface area contributed by atoms with Gasteiger partial charge in [-0.3, -0.25) is 14.6 Å². The number of anilines is 2. The Kier molecular flexibility index (Phi) is 7.23. The third-order valence-corrected chi connectivity index (χ3v) is 7.45. The van der Waals surface area contributed by atoms with E-state index in [2.05, 4.69) is 10.3 Å². The highest BCUT2D eigenvalue weighted by molar-refractivity contribution is 6.08. The fourth-order valence-corrected chi connectivity index (χ4v) is 5.28. The van der Waals surface area contributed by atoms with Crippen molar-refractivity contribution in [3.63, 3.8) is 0 Å². The van der Waals surface area contributed by atoms with E-state index in [-0.39, 0.29) is 24.3 Å². The van der Waals surface area contributed by atoms with Crippen molar-refractivity contribution in [3.05, 3.63) is 58.8 Å². The molecule has 2 saturated heterocycles. The van der Waals surface area contributed by atoms with E-state index >= 15 is 0 Å². The van der Waals surface area contributed by atoms with Crippen LogP contribution in [0, 0.1) is 0 Å². The maximum Gasteiger partial charge on any atom is 0.231 e. The first-order valence-corrected chi connectivity index (χ1v) is 12.9. The lowest BCUT2D eigenvalue weighted by Gasteiger charge is -2.33. The van der Waals surface area contributed by atoms with Gasteiger partial charge in [0.25, 0.3) is 0 Å². The van der Waals surface area contributed by atoms with Crippen molar-refractivity contribution in [1.29, 1.82) is 0 Å². The number of rotatable bonds is 4. The fourth-order valence-electron chi connectivity index (χ4n) is 5.28. The molecule has 0 radical (unpaired) electrons. The number of piperidine rings is 1. The van der Waals surface area contributed by atoms with Gasteiger partial charge in [-0.15, -0.1) is 0 Å². The first kappa shape index (κ1) is 25.0. The summed E-state index contributed by atoms with van der Waals surface area (Å²) in [7, 11) is 1.81. The highest BCUT2D eigenvalue weighted by Crippen LogP contribution is 2.32. The number of ether oxygens (including phenoxy) is 1. The molecule has 4 heterocycles. The van der Waals surface area contributed by atoms with Crippen LogP contribution in [0.5, 0.6) is 0 Å². The number of hydrogen-bond donors (Lipinski definition) is 2. The Balaban J connectivity index is 1.50. The molecule has 0 saturated carbocycles. The van der Waals surface area contributed by atoms with E-state index in [9.17, 15) is 9.59 Å². The highest BCUT2D eigenvalue weighted by Gasteiger charge is 2.30. The van der Waals surface area contributed by atoms with Gasteiger partial charge < -0.3 is 25.6 Å². The summed E-state index contributed by atoms with van der Waals surface area (Å²) in [6, 6.07) is 9.98. The molecular weight excluding hydrogens is 468 g/mol. The van der Waals surface area contributed by atoms with E-state index in [0.717, 1.165) is 52.3 Å². The first-order chi connectivity index (χ1) is 17.9. The zero-order valence-electron chi connectivity index (χ0n) is 21.5. The van der Waals surface area contributed by atoms with Crippen LogP contribution in [-0.4, -0.2) is 66.8 Å². The minimum atomic E-state index is 0.00172. The topological polar surface area (TPSA) is 113 Å². The van der Waals surface area contributed by atoms with E-state index in [4.69, 9.17) is 15.5 Å². The smallest absolute Gasteiger partial charge is 0.231 e. The van der Waals surface area contributed by atoms with Gasteiger partial charge in [0, 0.05) is 69.2 Å². The van der Waals surface area contributed by atoms with E-state index in [1.54, 1.807) is 18.0 Å². The highest BCUT2D eigenvalue weighted by atomic mass is 16.5. The number of carbonyl (C=O) groups excluding carboxylic acids is 2. The molecule has 37 heavy (non-hydrogen) atoms.